The zero-order chi connectivity index (χ0) is 17.9. The third-order valence-electron chi connectivity index (χ3n) is 4.76. The second-order valence-corrected chi connectivity index (χ2v) is 6.85. The fraction of sp³-hybridized carbons (Fsp3) is 0.600. The maximum Gasteiger partial charge on any atom is 0.221 e. The van der Waals surface area contributed by atoms with Crippen molar-refractivity contribution < 1.29 is 4.79 Å². The van der Waals surface area contributed by atoms with Crippen LogP contribution < -0.4 is 16.0 Å². The number of anilines is 1. The number of aliphatic imine (C=N–C) groups is 1. The van der Waals surface area contributed by atoms with Crippen LogP contribution in [0.25, 0.3) is 0 Å². The van der Waals surface area contributed by atoms with Crippen molar-refractivity contribution in [3.63, 3.8) is 0 Å². The number of rotatable bonds is 8. The molecule has 138 valence electrons. The van der Waals surface area contributed by atoms with Gasteiger partial charge in [-0.1, -0.05) is 37.8 Å². The van der Waals surface area contributed by atoms with E-state index in [4.69, 9.17) is 0 Å². The first-order valence-electron chi connectivity index (χ1n) is 9.48. The van der Waals surface area contributed by atoms with Crippen LogP contribution in [0, 0.1) is 5.92 Å². The number of benzene rings is 1. The highest BCUT2D eigenvalue weighted by atomic mass is 16.1. The lowest BCUT2D eigenvalue weighted by molar-refractivity contribution is -0.114. The van der Waals surface area contributed by atoms with Gasteiger partial charge in [0.05, 0.1) is 0 Å². The van der Waals surface area contributed by atoms with Crippen molar-refractivity contribution in [3.05, 3.63) is 29.8 Å². The number of hydrogen-bond acceptors (Lipinski definition) is 2. The molecule has 3 N–H and O–H groups in total. The third-order valence-corrected chi connectivity index (χ3v) is 4.76. The number of amides is 1. The smallest absolute Gasteiger partial charge is 0.221 e. The van der Waals surface area contributed by atoms with E-state index in [9.17, 15) is 4.79 Å². The van der Waals surface area contributed by atoms with Crippen molar-refractivity contribution in [2.75, 3.05) is 25.5 Å². The predicted octanol–water partition coefficient (Wildman–Crippen LogP) is 3.32. The Labute approximate surface area is 151 Å². The summed E-state index contributed by atoms with van der Waals surface area (Å²) in [6, 6.07) is 7.97. The first-order valence-corrected chi connectivity index (χ1v) is 9.48. The molecule has 1 aromatic rings. The summed E-state index contributed by atoms with van der Waals surface area (Å²) in [5.41, 5.74) is 2.07. The van der Waals surface area contributed by atoms with Gasteiger partial charge >= 0.3 is 0 Å². The van der Waals surface area contributed by atoms with Gasteiger partial charge in [0.1, 0.15) is 0 Å². The van der Waals surface area contributed by atoms with E-state index in [-0.39, 0.29) is 5.91 Å². The number of nitrogens with one attached hydrogen (secondary N) is 3. The Morgan fingerprint density at radius 2 is 1.80 bits per heavy atom. The summed E-state index contributed by atoms with van der Waals surface area (Å²) in [5.74, 6) is 1.79. The Morgan fingerprint density at radius 1 is 1.12 bits per heavy atom. The van der Waals surface area contributed by atoms with E-state index in [0.29, 0.717) is 0 Å². The first kappa shape index (κ1) is 19.3. The molecular formula is C20H32N4O. The van der Waals surface area contributed by atoms with Crippen LogP contribution in [0.2, 0.25) is 0 Å². The lowest BCUT2D eigenvalue weighted by Crippen LogP contribution is -2.38. The lowest BCUT2D eigenvalue weighted by atomic mass is 10.0. The van der Waals surface area contributed by atoms with E-state index in [0.717, 1.165) is 37.1 Å². The molecule has 0 heterocycles. The summed E-state index contributed by atoms with van der Waals surface area (Å²) in [4.78, 5) is 15.3. The summed E-state index contributed by atoms with van der Waals surface area (Å²) in [7, 11) is 1.81. The normalized spacial score (nSPS) is 15.2. The van der Waals surface area contributed by atoms with E-state index < -0.39 is 0 Å². The van der Waals surface area contributed by atoms with Crippen LogP contribution in [-0.4, -0.2) is 32.0 Å². The number of hydrogen-bond donors (Lipinski definition) is 3. The van der Waals surface area contributed by atoms with Gasteiger partial charge in [0.2, 0.25) is 5.91 Å². The van der Waals surface area contributed by atoms with Crippen molar-refractivity contribution in [1.29, 1.82) is 0 Å². The van der Waals surface area contributed by atoms with Crippen molar-refractivity contribution >= 4 is 17.6 Å². The second kappa shape index (κ2) is 10.7. The quantitative estimate of drug-likeness (QED) is 0.385. The average Bonchev–Trinajstić information content (AvgIpc) is 3.11. The van der Waals surface area contributed by atoms with E-state index in [1.165, 1.54) is 51.0 Å². The van der Waals surface area contributed by atoms with Gasteiger partial charge in [0.15, 0.2) is 5.96 Å². The van der Waals surface area contributed by atoms with Crippen LogP contribution in [0.1, 0.15) is 51.0 Å². The molecule has 1 saturated carbocycles. The van der Waals surface area contributed by atoms with Crippen LogP contribution in [0.4, 0.5) is 5.69 Å². The Morgan fingerprint density at radius 3 is 2.44 bits per heavy atom. The summed E-state index contributed by atoms with van der Waals surface area (Å²) in [5, 5.41) is 9.54. The molecule has 0 radical (unpaired) electrons. The molecule has 1 aromatic carbocycles. The van der Waals surface area contributed by atoms with Crippen LogP contribution in [0.5, 0.6) is 0 Å². The third kappa shape index (κ3) is 7.59. The van der Waals surface area contributed by atoms with Gasteiger partial charge in [0.25, 0.3) is 0 Å². The van der Waals surface area contributed by atoms with Crippen LogP contribution in [0.15, 0.2) is 29.3 Å². The molecule has 5 nitrogen and oxygen atoms in total. The zero-order valence-electron chi connectivity index (χ0n) is 15.6. The summed E-state index contributed by atoms with van der Waals surface area (Å²) in [6.07, 6.45) is 9.17. The van der Waals surface area contributed by atoms with Crippen molar-refractivity contribution in [1.82, 2.24) is 10.6 Å². The number of carbonyl (C=O) groups excluding carboxylic acids is 1. The van der Waals surface area contributed by atoms with Gasteiger partial charge < -0.3 is 16.0 Å². The molecule has 1 aliphatic rings. The van der Waals surface area contributed by atoms with Crippen LogP contribution in [0.3, 0.4) is 0 Å². The minimum absolute atomic E-state index is 0.0442. The topological polar surface area (TPSA) is 65.5 Å². The standard InChI is InChI=1S/C20H32N4O/c1-16(25)24-19-11-9-18(10-12-19)13-15-23-20(21-2)22-14-5-8-17-6-3-4-7-17/h9-12,17H,3-8,13-15H2,1-2H3,(H,24,25)(H2,21,22,23). The fourth-order valence-electron chi connectivity index (χ4n) is 3.40. The molecule has 0 bridgehead atoms. The molecular weight excluding hydrogens is 312 g/mol. The van der Waals surface area contributed by atoms with Crippen LogP contribution >= 0.6 is 0 Å². The monoisotopic (exact) mass is 344 g/mol. The maximum absolute atomic E-state index is 11.0. The van der Waals surface area contributed by atoms with E-state index in [2.05, 4.69) is 20.9 Å². The fourth-order valence-corrected chi connectivity index (χ4v) is 3.40. The van der Waals surface area contributed by atoms with Gasteiger partial charge in [0, 0.05) is 32.7 Å². The van der Waals surface area contributed by atoms with Gasteiger partial charge in [-0.3, -0.25) is 9.79 Å². The molecule has 0 aromatic heterocycles. The Kier molecular flexibility index (Phi) is 8.29. The minimum atomic E-state index is -0.0442. The highest BCUT2D eigenvalue weighted by molar-refractivity contribution is 5.88. The van der Waals surface area contributed by atoms with E-state index >= 15 is 0 Å². The number of carbonyl (C=O) groups is 1. The van der Waals surface area contributed by atoms with E-state index in [1.807, 2.05) is 31.3 Å². The second-order valence-electron chi connectivity index (χ2n) is 6.85. The summed E-state index contributed by atoms with van der Waals surface area (Å²) in [6.45, 7) is 3.34. The van der Waals surface area contributed by atoms with Gasteiger partial charge in [-0.2, -0.15) is 0 Å². The Hall–Kier alpha value is -2.04. The van der Waals surface area contributed by atoms with Crippen molar-refractivity contribution in [2.24, 2.45) is 10.9 Å². The van der Waals surface area contributed by atoms with Gasteiger partial charge in [-0.25, -0.2) is 0 Å². The van der Waals surface area contributed by atoms with Gasteiger partial charge in [-0.05, 0) is 42.9 Å². The highest BCUT2D eigenvalue weighted by Gasteiger charge is 2.13. The zero-order valence-corrected chi connectivity index (χ0v) is 15.6. The molecule has 5 heteroatoms. The Balaban J connectivity index is 1.60. The Bertz CT molecular complexity index is 547. The highest BCUT2D eigenvalue weighted by Crippen LogP contribution is 2.28. The first-order chi connectivity index (χ1) is 12.2. The molecule has 0 aliphatic heterocycles. The van der Waals surface area contributed by atoms with E-state index in [1.54, 1.807) is 0 Å². The van der Waals surface area contributed by atoms with Gasteiger partial charge in [-0.15, -0.1) is 0 Å². The molecule has 2 rings (SSSR count). The van der Waals surface area contributed by atoms with Crippen molar-refractivity contribution in [2.45, 2.75) is 51.9 Å². The molecule has 1 amide bonds. The molecule has 1 aliphatic carbocycles. The minimum Gasteiger partial charge on any atom is -0.356 e. The number of nitrogens with zero attached hydrogens (tertiary/aromatic N) is 1. The molecule has 1 fully saturated rings. The molecule has 0 atom stereocenters. The van der Waals surface area contributed by atoms with Crippen molar-refractivity contribution in [3.8, 4) is 0 Å². The largest absolute Gasteiger partial charge is 0.356 e. The molecule has 0 unspecified atom stereocenters. The summed E-state index contributed by atoms with van der Waals surface area (Å²) >= 11 is 0. The average molecular weight is 345 g/mol. The molecule has 0 saturated heterocycles. The van der Waals surface area contributed by atoms with Crippen LogP contribution in [-0.2, 0) is 11.2 Å². The molecule has 25 heavy (non-hydrogen) atoms. The lowest BCUT2D eigenvalue weighted by Gasteiger charge is -2.13. The SMILES string of the molecule is CN=C(NCCCC1CCCC1)NCCc1ccc(NC(C)=O)cc1. The number of guanidine groups is 1. The molecule has 0 spiro atoms. The summed E-state index contributed by atoms with van der Waals surface area (Å²) < 4.78 is 0. The maximum atomic E-state index is 11.0. The predicted molar refractivity (Wildman–Crippen MR) is 105 cm³/mol.